The summed E-state index contributed by atoms with van der Waals surface area (Å²) < 4.78 is 0. The molecule has 0 aromatic rings. The number of carbonyl (C=O) groups excluding carboxylic acids is 1. The van der Waals surface area contributed by atoms with Gasteiger partial charge < -0.3 is 9.90 Å². The molecule has 3 nitrogen and oxygen atoms in total. The van der Waals surface area contributed by atoms with Crippen LogP contribution in [0.2, 0.25) is 0 Å². The average Bonchev–Trinajstić information content (AvgIpc) is 2.70. The van der Waals surface area contributed by atoms with Crippen molar-refractivity contribution >= 4 is 5.97 Å². The molecule has 0 heterocycles. The summed E-state index contributed by atoms with van der Waals surface area (Å²) in [4.78, 5) is 13.5. The first-order valence-corrected chi connectivity index (χ1v) is 12.2. The van der Waals surface area contributed by atoms with Gasteiger partial charge >= 0.3 is 18.9 Å². The quantitative estimate of drug-likeness (QED) is 0.175. The van der Waals surface area contributed by atoms with Crippen molar-refractivity contribution in [1.29, 1.82) is 0 Å². The van der Waals surface area contributed by atoms with Crippen LogP contribution in [0.25, 0.3) is 0 Å². The SMILES string of the molecule is C/C=C/CCCCCC(CC)CN(CC(=O)[O-])CC(CC)CCCCC/C=C/C.[Li+]. The van der Waals surface area contributed by atoms with Crippen LogP contribution < -0.4 is 24.0 Å². The Morgan fingerprint density at radius 1 is 0.800 bits per heavy atom. The maximum Gasteiger partial charge on any atom is 1.00 e. The van der Waals surface area contributed by atoms with Crippen molar-refractivity contribution < 1.29 is 28.8 Å². The molecule has 0 aromatic carbocycles. The van der Waals surface area contributed by atoms with Crippen molar-refractivity contribution in [3.8, 4) is 0 Å². The van der Waals surface area contributed by atoms with Crippen LogP contribution in [0.1, 0.15) is 105 Å². The molecule has 0 amide bonds. The third kappa shape index (κ3) is 19.5. The van der Waals surface area contributed by atoms with E-state index in [2.05, 4.69) is 56.9 Å². The monoisotopic (exact) mass is 413 g/mol. The molecule has 0 aliphatic rings. The predicted octanol–water partition coefficient (Wildman–Crippen LogP) is 3.15. The normalized spacial score (nSPS) is 13.8. The van der Waals surface area contributed by atoms with E-state index in [4.69, 9.17) is 0 Å². The molecule has 0 bridgehead atoms. The number of nitrogens with zero attached hydrogens (tertiary/aromatic N) is 1. The summed E-state index contributed by atoms with van der Waals surface area (Å²) in [6, 6.07) is 0. The summed E-state index contributed by atoms with van der Waals surface area (Å²) in [6.45, 7) is 10.5. The molecule has 0 aliphatic heterocycles. The van der Waals surface area contributed by atoms with Crippen LogP contribution >= 0.6 is 0 Å². The van der Waals surface area contributed by atoms with Gasteiger partial charge in [0.05, 0.1) is 5.97 Å². The van der Waals surface area contributed by atoms with E-state index in [-0.39, 0.29) is 25.4 Å². The van der Waals surface area contributed by atoms with Gasteiger partial charge in [0, 0.05) is 19.6 Å². The van der Waals surface area contributed by atoms with Crippen molar-refractivity contribution in [2.75, 3.05) is 19.6 Å². The van der Waals surface area contributed by atoms with Crippen molar-refractivity contribution in [2.24, 2.45) is 11.8 Å². The largest absolute Gasteiger partial charge is 1.00 e. The van der Waals surface area contributed by atoms with E-state index in [9.17, 15) is 9.90 Å². The van der Waals surface area contributed by atoms with Crippen LogP contribution in [0.5, 0.6) is 0 Å². The van der Waals surface area contributed by atoms with Gasteiger partial charge in [0.25, 0.3) is 0 Å². The molecular weight excluding hydrogens is 365 g/mol. The Morgan fingerprint density at radius 3 is 1.57 bits per heavy atom. The number of carbonyl (C=O) groups is 1. The summed E-state index contributed by atoms with van der Waals surface area (Å²) in [5.74, 6) is 0.247. The van der Waals surface area contributed by atoms with E-state index in [0.717, 1.165) is 25.9 Å². The maximum absolute atomic E-state index is 11.3. The topological polar surface area (TPSA) is 43.4 Å². The average molecular weight is 414 g/mol. The minimum atomic E-state index is -0.938. The zero-order valence-corrected chi connectivity index (χ0v) is 20.8. The van der Waals surface area contributed by atoms with Crippen LogP contribution in [0, 0.1) is 11.8 Å². The summed E-state index contributed by atoms with van der Waals surface area (Å²) in [5, 5.41) is 11.3. The minimum Gasteiger partial charge on any atom is -0.549 e. The first kappa shape index (κ1) is 31.7. The molecule has 0 saturated heterocycles. The van der Waals surface area contributed by atoms with Gasteiger partial charge in [0.2, 0.25) is 0 Å². The number of aliphatic carboxylic acids is 1. The van der Waals surface area contributed by atoms with E-state index >= 15 is 0 Å². The smallest absolute Gasteiger partial charge is 0.549 e. The summed E-state index contributed by atoms with van der Waals surface area (Å²) in [6.07, 6.45) is 23.3. The van der Waals surface area contributed by atoms with Crippen LogP contribution in [0.3, 0.4) is 0 Å². The molecule has 0 aromatic heterocycles. The molecule has 2 unspecified atom stereocenters. The molecule has 0 saturated carbocycles. The fraction of sp³-hybridized carbons (Fsp3) is 0.808. The van der Waals surface area contributed by atoms with Gasteiger partial charge in [-0.25, -0.2) is 0 Å². The van der Waals surface area contributed by atoms with Crippen molar-refractivity contribution in [3.63, 3.8) is 0 Å². The zero-order valence-electron chi connectivity index (χ0n) is 20.8. The van der Waals surface area contributed by atoms with Gasteiger partial charge in [-0.15, -0.1) is 0 Å². The van der Waals surface area contributed by atoms with Gasteiger partial charge in [-0.3, -0.25) is 4.90 Å². The number of hydrogen-bond donors (Lipinski definition) is 0. The Bertz CT molecular complexity index is 405. The Morgan fingerprint density at radius 2 is 1.23 bits per heavy atom. The zero-order chi connectivity index (χ0) is 21.7. The van der Waals surface area contributed by atoms with Gasteiger partial charge in [0.15, 0.2) is 0 Å². The number of allylic oxidation sites excluding steroid dienone is 4. The fourth-order valence-corrected chi connectivity index (χ4v) is 4.04. The van der Waals surface area contributed by atoms with E-state index in [0.29, 0.717) is 11.8 Å². The second kappa shape index (κ2) is 23.2. The van der Waals surface area contributed by atoms with E-state index in [1.54, 1.807) is 0 Å². The van der Waals surface area contributed by atoms with Crippen molar-refractivity contribution in [2.45, 2.75) is 105 Å². The molecule has 0 radical (unpaired) electrons. The third-order valence-electron chi connectivity index (χ3n) is 5.98. The van der Waals surface area contributed by atoms with E-state index in [1.165, 1.54) is 64.2 Å². The maximum atomic E-state index is 11.3. The summed E-state index contributed by atoms with van der Waals surface area (Å²) >= 11 is 0. The predicted molar refractivity (Wildman–Crippen MR) is 125 cm³/mol. The van der Waals surface area contributed by atoms with Crippen LogP contribution in [-0.4, -0.2) is 30.5 Å². The number of carboxylic acid groups (broad SMARTS) is 1. The van der Waals surface area contributed by atoms with E-state index in [1.807, 2.05) is 0 Å². The van der Waals surface area contributed by atoms with Gasteiger partial charge in [-0.05, 0) is 64.2 Å². The van der Waals surface area contributed by atoms with Crippen molar-refractivity contribution in [3.05, 3.63) is 24.3 Å². The first-order chi connectivity index (χ1) is 14.1. The molecule has 2 atom stereocenters. The number of rotatable bonds is 20. The Kier molecular flexibility index (Phi) is 24.5. The molecule has 0 spiro atoms. The summed E-state index contributed by atoms with van der Waals surface area (Å²) in [5.41, 5.74) is 0. The van der Waals surface area contributed by atoms with Gasteiger partial charge in [-0.2, -0.15) is 0 Å². The second-order valence-electron chi connectivity index (χ2n) is 8.53. The van der Waals surface area contributed by atoms with Crippen molar-refractivity contribution in [1.82, 2.24) is 4.90 Å². The van der Waals surface area contributed by atoms with Crippen LogP contribution in [0.4, 0.5) is 0 Å². The van der Waals surface area contributed by atoms with Gasteiger partial charge in [-0.1, -0.05) is 76.7 Å². The van der Waals surface area contributed by atoms with Gasteiger partial charge in [0.1, 0.15) is 0 Å². The fourth-order valence-electron chi connectivity index (χ4n) is 4.04. The Hall–Kier alpha value is -0.493. The molecule has 30 heavy (non-hydrogen) atoms. The minimum absolute atomic E-state index is 0. The Labute approximate surface area is 199 Å². The number of carboxylic acids is 1. The molecule has 0 fully saturated rings. The first-order valence-electron chi connectivity index (χ1n) is 12.2. The molecule has 0 aliphatic carbocycles. The molecule has 0 rings (SSSR count). The molecular formula is C26H48LiNO2. The third-order valence-corrected chi connectivity index (χ3v) is 5.98. The second-order valence-corrected chi connectivity index (χ2v) is 8.53. The number of hydrogen-bond acceptors (Lipinski definition) is 3. The van der Waals surface area contributed by atoms with E-state index < -0.39 is 5.97 Å². The molecule has 170 valence electrons. The standard InChI is InChI=1S/C26H49NO2.Li/c1-5-9-11-13-15-17-19-24(7-3)21-27(23-26(28)29)22-25(8-4)20-18-16-14-12-10-6-2;/h5-6,9-10,24-25H,7-8,11-23H2,1-4H3,(H,28,29);/q;+1/p-1/b9-5+,10-6+;. The van der Waals surface area contributed by atoms with Crippen LogP contribution in [-0.2, 0) is 4.79 Å². The van der Waals surface area contributed by atoms with Crippen LogP contribution in [0.15, 0.2) is 24.3 Å². The molecule has 4 heteroatoms. The Balaban J connectivity index is 0. The summed E-state index contributed by atoms with van der Waals surface area (Å²) in [7, 11) is 0. The number of unbranched alkanes of at least 4 members (excludes halogenated alkanes) is 6. The molecule has 0 N–H and O–H groups in total.